The van der Waals surface area contributed by atoms with Gasteiger partial charge in [-0.15, -0.1) is 0 Å². The Bertz CT molecular complexity index is 400. The predicted octanol–water partition coefficient (Wildman–Crippen LogP) is 1.50. The van der Waals surface area contributed by atoms with E-state index in [1.165, 1.54) is 12.8 Å². The molecule has 0 spiro atoms. The lowest BCUT2D eigenvalue weighted by Gasteiger charge is -2.35. The fourth-order valence-electron chi connectivity index (χ4n) is 2.57. The largest absolute Gasteiger partial charge is 0.508 e. The van der Waals surface area contributed by atoms with Gasteiger partial charge < -0.3 is 15.7 Å². The Hall–Kier alpha value is -1.26. The maximum absolute atomic E-state index is 9.83. The first kappa shape index (κ1) is 13.2. The van der Waals surface area contributed by atoms with E-state index in [1.54, 1.807) is 12.1 Å². The molecule has 4 heteroatoms. The van der Waals surface area contributed by atoms with Crippen molar-refractivity contribution < 1.29 is 5.11 Å². The molecule has 0 amide bonds. The number of piperidine rings is 1. The topological polar surface area (TPSA) is 52.7 Å². The number of nitrogens with two attached hydrogens (primary N) is 1. The van der Waals surface area contributed by atoms with E-state index in [9.17, 15) is 5.11 Å². The number of benzene rings is 1. The van der Waals surface area contributed by atoms with Crippen LogP contribution in [0.25, 0.3) is 0 Å². The number of hydrogen-bond donors (Lipinski definition) is 2. The van der Waals surface area contributed by atoms with Gasteiger partial charge in [-0.05, 0) is 58.2 Å². The molecule has 0 aromatic heterocycles. The highest BCUT2D eigenvalue weighted by Crippen LogP contribution is 2.23. The number of nitrogen functional groups attached to an aromatic ring is 1. The first-order chi connectivity index (χ1) is 8.56. The number of nitrogens with zero attached hydrogens (tertiary/aromatic N) is 2. The van der Waals surface area contributed by atoms with Gasteiger partial charge in [-0.1, -0.05) is 0 Å². The van der Waals surface area contributed by atoms with Gasteiger partial charge in [-0.2, -0.15) is 0 Å². The van der Waals surface area contributed by atoms with Gasteiger partial charge in [-0.25, -0.2) is 0 Å². The van der Waals surface area contributed by atoms with Crippen LogP contribution in [-0.4, -0.2) is 48.1 Å². The number of aromatic hydroxyl groups is 1. The zero-order chi connectivity index (χ0) is 13.1. The smallest absolute Gasteiger partial charge is 0.120 e. The second-order valence-corrected chi connectivity index (χ2v) is 5.34. The molecule has 1 fully saturated rings. The monoisotopic (exact) mass is 249 g/mol. The molecular weight excluding hydrogens is 226 g/mol. The maximum atomic E-state index is 9.83. The minimum Gasteiger partial charge on any atom is -0.508 e. The number of rotatable bonds is 3. The molecule has 100 valence electrons. The summed E-state index contributed by atoms with van der Waals surface area (Å²) in [5.41, 5.74) is 7.38. The summed E-state index contributed by atoms with van der Waals surface area (Å²) in [5.74, 6) is 0.337. The lowest BCUT2D eigenvalue weighted by atomic mass is 10.0. The van der Waals surface area contributed by atoms with Crippen molar-refractivity contribution in [2.75, 3.05) is 32.9 Å². The third-order valence-corrected chi connectivity index (χ3v) is 3.83. The average molecular weight is 249 g/mol. The first-order valence-electron chi connectivity index (χ1n) is 6.52. The van der Waals surface area contributed by atoms with Crippen LogP contribution >= 0.6 is 0 Å². The van der Waals surface area contributed by atoms with Gasteiger partial charge in [0.15, 0.2) is 0 Å². The summed E-state index contributed by atoms with van der Waals surface area (Å²) in [6.45, 7) is 3.06. The molecule has 0 bridgehead atoms. The molecule has 1 aromatic rings. The molecular formula is C14H23N3O. The molecule has 0 radical (unpaired) electrons. The van der Waals surface area contributed by atoms with E-state index in [1.807, 2.05) is 6.07 Å². The molecule has 1 aliphatic heterocycles. The molecule has 3 N–H and O–H groups in total. The number of phenols is 1. The summed E-state index contributed by atoms with van der Waals surface area (Å²) in [6, 6.07) is 5.87. The van der Waals surface area contributed by atoms with Crippen LogP contribution in [0.3, 0.4) is 0 Å². The van der Waals surface area contributed by atoms with Crippen molar-refractivity contribution in [3.8, 4) is 5.75 Å². The highest BCUT2D eigenvalue weighted by molar-refractivity contribution is 5.47. The number of hydrogen-bond acceptors (Lipinski definition) is 4. The minimum atomic E-state index is 0.337. The van der Waals surface area contributed by atoms with E-state index in [4.69, 9.17) is 5.73 Å². The predicted molar refractivity (Wildman–Crippen MR) is 74.5 cm³/mol. The van der Waals surface area contributed by atoms with Crippen LogP contribution in [0, 0.1) is 0 Å². The van der Waals surface area contributed by atoms with E-state index < -0.39 is 0 Å². The molecule has 4 nitrogen and oxygen atoms in total. The highest BCUT2D eigenvalue weighted by Gasteiger charge is 2.21. The Labute approximate surface area is 109 Å². The van der Waals surface area contributed by atoms with Gasteiger partial charge in [0, 0.05) is 23.8 Å². The summed E-state index contributed by atoms with van der Waals surface area (Å²) in [4.78, 5) is 4.68. The van der Waals surface area contributed by atoms with Gasteiger partial charge in [0.25, 0.3) is 0 Å². The molecule has 18 heavy (non-hydrogen) atoms. The summed E-state index contributed by atoms with van der Waals surface area (Å²) < 4.78 is 0. The van der Waals surface area contributed by atoms with Gasteiger partial charge >= 0.3 is 0 Å². The van der Waals surface area contributed by atoms with Crippen molar-refractivity contribution in [2.45, 2.75) is 25.4 Å². The Balaban J connectivity index is 1.98. The lowest BCUT2D eigenvalue weighted by molar-refractivity contribution is 0.138. The molecule has 1 aliphatic rings. The molecule has 1 heterocycles. The van der Waals surface area contributed by atoms with Crippen LogP contribution < -0.4 is 5.73 Å². The van der Waals surface area contributed by atoms with E-state index in [2.05, 4.69) is 23.9 Å². The number of anilines is 1. The van der Waals surface area contributed by atoms with Crippen LogP contribution in [0.15, 0.2) is 18.2 Å². The fraction of sp³-hybridized carbons (Fsp3) is 0.571. The van der Waals surface area contributed by atoms with Crippen LogP contribution in [0.2, 0.25) is 0 Å². The van der Waals surface area contributed by atoms with Crippen molar-refractivity contribution in [2.24, 2.45) is 0 Å². The van der Waals surface area contributed by atoms with Gasteiger partial charge in [0.05, 0.1) is 0 Å². The standard InChI is InChI=1S/C14H23N3O/c1-16-7-5-13(6-8-16)17(2)10-11-9-12(15)3-4-14(11)18/h3-4,9,13,18H,5-8,10,15H2,1-2H3. The molecule has 0 aliphatic carbocycles. The number of likely N-dealkylation sites (tertiary alicyclic amines) is 1. The molecule has 2 rings (SSSR count). The average Bonchev–Trinajstić information content (AvgIpc) is 2.34. The normalized spacial score (nSPS) is 18.4. The zero-order valence-corrected chi connectivity index (χ0v) is 11.3. The van der Waals surface area contributed by atoms with Gasteiger partial charge in [-0.3, -0.25) is 4.90 Å². The van der Waals surface area contributed by atoms with Crippen LogP contribution in [0.1, 0.15) is 18.4 Å². The van der Waals surface area contributed by atoms with Gasteiger partial charge in [0.2, 0.25) is 0 Å². The first-order valence-corrected chi connectivity index (χ1v) is 6.52. The fourth-order valence-corrected chi connectivity index (χ4v) is 2.57. The third-order valence-electron chi connectivity index (χ3n) is 3.83. The Kier molecular flexibility index (Phi) is 4.09. The van der Waals surface area contributed by atoms with Crippen molar-refractivity contribution >= 4 is 5.69 Å². The van der Waals surface area contributed by atoms with Gasteiger partial charge in [0.1, 0.15) is 5.75 Å². The Morgan fingerprint density at radius 2 is 2.06 bits per heavy atom. The summed E-state index contributed by atoms with van der Waals surface area (Å²) in [7, 11) is 4.29. The van der Waals surface area contributed by atoms with E-state index in [-0.39, 0.29) is 0 Å². The quantitative estimate of drug-likeness (QED) is 0.629. The molecule has 0 unspecified atom stereocenters. The Morgan fingerprint density at radius 3 is 2.72 bits per heavy atom. The van der Waals surface area contributed by atoms with Crippen molar-refractivity contribution in [3.05, 3.63) is 23.8 Å². The van der Waals surface area contributed by atoms with Crippen molar-refractivity contribution in [1.82, 2.24) is 9.80 Å². The van der Waals surface area contributed by atoms with Crippen molar-refractivity contribution in [3.63, 3.8) is 0 Å². The second-order valence-electron chi connectivity index (χ2n) is 5.34. The van der Waals surface area contributed by atoms with Crippen LogP contribution in [0.5, 0.6) is 5.75 Å². The van der Waals surface area contributed by atoms with Crippen LogP contribution in [-0.2, 0) is 6.54 Å². The lowest BCUT2D eigenvalue weighted by Crippen LogP contribution is -2.41. The highest BCUT2D eigenvalue weighted by atomic mass is 16.3. The van der Waals surface area contributed by atoms with Crippen molar-refractivity contribution in [1.29, 1.82) is 0 Å². The van der Waals surface area contributed by atoms with E-state index >= 15 is 0 Å². The molecule has 0 atom stereocenters. The molecule has 1 aromatic carbocycles. The van der Waals surface area contributed by atoms with E-state index in [0.29, 0.717) is 17.5 Å². The van der Waals surface area contributed by atoms with Crippen LogP contribution in [0.4, 0.5) is 5.69 Å². The summed E-state index contributed by atoms with van der Waals surface area (Å²) in [6.07, 6.45) is 2.38. The van der Waals surface area contributed by atoms with E-state index in [0.717, 1.165) is 25.2 Å². The summed E-state index contributed by atoms with van der Waals surface area (Å²) in [5, 5.41) is 9.83. The second kappa shape index (κ2) is 5.59. The maximum Gasteiger partial charge on any atom is 0.120 e. The zero-order valence-electron chi connectivity index (χ0n) is 11.3. The minimum absolute atomic E-state index is 0.337. The molecule has 0 saturated carbocycles. The number of phenolic OH excluding ortho intramolecular Hbond substituents is 1. The molecule has 1 saturated heterocycles. The SMILES string of the molecule is CN1CCC(N(C)Cc2cc(N)ccc2O)CC1. The Morgan fingerprint density at radius 1 is 1.39 bits per heavy atom. The third kappa shape index (κ3) is 3.15. The summed E-state index contributed by atoms with van der Waals surface area (Å²) >= 11 is 0.